The van der Waals surface area contributed by atoms with Crippen LogP contribution in [0.2, 0.25) is 0 Å². The minimum atomic E-state index is -0.352. The molecule has 0 bridgehead atoms. The number of carbonyl (C=O) groups excluding carboxylic acids is 1. The van der Waals surface area contributed by atoms with Gasteiger partial charge in [0, 0.05) is 24.5 Å². The summed E-state index contributed by atoms with van der Waals surface area (Å²) >= 11 is 0. The Balaban J connectivity index is 1.56. The van der Waals surface area contributed by atoms with E-state index in [0.29, 0.717) is 31.1 Å². The van der Waals surface area contributed by atoms with E-state index in [1.807, 2.05) is 12.1 Å². The average molecular weight is 299 g/mol. The fourth-order valence-corrected chi connectivity index (χ4v) is 2.53. The molecular weight excluding hydrogens is 286 g/mol. The van der Waals surface area contributed by atoms with Crippen LogP contribution in [-0.4, -0.2) is 60.7 Å². The first-order valence-electron chi connectivity index (χ1n) is 6.89. The molecule has 1 atom stereocenters. The first-order valence-corrected chi connectivity index (χ1v) is 6.89. The Morgan fingerprint density at radius 2 is 2.36 bits per heavy atom. The van der Waals surface area contributed by atoms with Gasteiger partial charge in [-0.15, -0.1) is 10.2 Å². The van der Waals surface area contributed by atoms with Crippen molar-refractivity contribution in [1.82, 2.24) is 35.1 Å². The van der Waals surface area contributed by atoms with Gasteiger partial charge in [-0.1, -0.05) is 5.21 Å². The van der Waals surface area contributed by atoms with Crippen LogP contribution in [0.3, 0.4) is 0 Å². The van der Waals surface area contributed by atoms with Gasteiger partial charge >= 0.3 is 0 Å². The highest BCUT2D eigenvalue weighted by Gasteiger charge is 2.28. The van der Waals surface area contributed by atoms with Gasteiger partial charge in [0.25, 0.3) is 5.91 Å². The lowest BCUT2D eigenvalue weighted by molar-refractivity contribution is -0.0268. The van der Waals surface area contributed by atoms with Gasteiger partial charge < -0.3 is 9.64 Å². The highest BCUT2D eigenvalue weighted by Crippen LogP contribution is 2.20. The lowest BCUT2D eigenvalue weighted by Crippen LogP contribution is -2.42. The number of fused-ring (bicyclic) bond motifs is 1. The van der Waals surface area contributed by atoms with Crippen LogP contribution >= 0.6 is 0 Å². The summed E-state index contributed by atoms with van der Waals surface area (Å²) in [5.41, 5.74) is 1.51. The van der Waals surface area contributed by atoms with E-state index in [-0.39, 0.29) is 12.0 Å². The van der Waals surface area contributed by atoms with Crippen molar-refractivity contribution in [2.24, 2.45) is 0 Å². The van der Waals surface area contributed by atoms with Gasteiger partial charge in [0.05, 0.1) is 18.7 Å². The minimum absolute atomic E-state index is 0.0412. The Hall–Kier alpha value is -2.81. The molecule has 0 spiro atoms. The van der Waals surface area contributed by atoms with Gasteiger partial charge in [-0.3, -0.25) is 4.79 Å². The highest BCUT2D eigenvalue weighted by atomic mass is 16.5. The predicted molar refractivity (Wildman–Crippen MR) is 74.0 cm³/mol. The van der Waals surface area contributed by atoms with E-state index in [2.05, 4.69) is 25.7 Å². The van der Waals surface area contributed by atoms with Crippen molar-refractivity contribution in [2.75, 3.05) is 19.7 Å². The van der Waals surface area contributed by atoms with Crippen molar-refractivity contribution in [3.05, 3.63) is 42.0 Å². The number of H-pyrrole nitrogens is 1. The van der Waals surface area contributed by atoms with Crippen molar-refractivity contribution in [1.29, 1.82) is 0 Å². The van der Waals surface area contributed by atoms with E-state index in [0.717, 1.165) is 5.52 Å². The summed E-state index contributed by atoms with van der Waals surface area (Å²) < 4.78 is 7.32. The molecule has 1 aliphatic heterocycles. The van der Waals surface area contributed by atoms with Crippen molar-refractivity contribution in [3.8, 4) is 0 Å². The second kappa shape index (κ2) is 5.19. The summed E-state index contributed by atoms with van der Waals surface area (Å²) in [5.74, 6) is 0.421. The molecule has 1 aliphatic rings. The molecule has 0 aliphatic carbocycles. The first-order chi connectivity index (χ1) is 10.8. The molecule has 1 amide bonds. The molecule has 22 heavy (non-hydrogen) atoms. The van der Waals surface area contributed by atoms with Crippen LogP contribution in [-0.2, 0) is 4.74 Å². The van der Waals surface area contributed by atoms with E-state index in [4.69, 9.17) is 4.74 Å². The van der Waals surface area contributed by atoms with Crippen LogP contribution in [0, 0.1) is 0 Å². The maximum absolute atomic E-state index is 12.7. The fourth-order valence-electron chi connectivity index (χ4n) is 2.53. The van der Waals surface area contributed by atoms with Crippen LogP contribution in [0.4, 0.5) is 0 Å². The number of carbonyl (C=O) groups is 1. The highest BCUT2D eigenvalue weighted by molar-refractivity contribution is 5.95. The van der Waals surface area contributed by atoms with E-state index in [9.17, 15) is 4.79 Å². The molecule has 4 rings (SSSR count). The molecular formula is C13H13N7O2. The molecule has 1 unspecified atom stereocenters. The Morgan fingerprint density at radius 1 is 1.41 bits per heavy atom. The number of morpholine rings is 1. The summed E-state index contributed by atoms with van der Waals surface area (Å²) in [6.45, 7) is 1.39. The molecule has 9 heteroatoms. The molecule has 1 fully saturated rings. The number of aromatic nitrogens is 6. The Bertz CT molecular complexity index is 798. The number of pyridine rings is 1. The van der Waals surface area contributed by atoms with E-state index in [1.54, 1.807) is 27.9 Å². The SMILES string of the molecule is O=C(c1ccn2nccc2c1)N1CCOC(c2nn[nH]n2)C1. The monoisotopic (exact) mass is 299 g/mol. The first kappa shape index (κ1) is 12.9. The van der Waals surface area contributed by atoms with Crippen LogP contribution in [0.5, 0.6) is 0 Å². The van der Waals surface area contributed by atoms with Gasteiger partial charge in [-0.25, -0.2) is 4.52 Å². The number of amides is 1. The van der Waals surface area contributed by atoms with Gasteiger partial charge in [0.1, 0.15) is 6.10 Å². The Morgan fingerprint density at radius 3 is 3.23 bits per heavy atom. The van der Waals surface area contributed by atoms with Crippen LogP contribution in [0.1, 0.15) is 22.3 Å². The van der Waals surface area contributed by atoms with Gasteiger partial charge in [0.15, 0.2) is 0 Å². The number of hydrogen-bond acceptors (Lipinski definition) is 6. The summed E-state index contributed by atoms with van der Waals surface area (Å²) in [4.78, 5) is 14.4. The standard InChI is InChI=1S/C13H13N7O2/c21-13(9-2-4-20-10(7-9)1-3-14-20)19-5-6-22-11(8-19)12-15-17-18-16-12/h1-4,7,11H,5-6,8H2,(H,15,16,17,18). The van der Waals surface area contributed by atoms with E-state index < -0.39 is 0 Å². The number of nitrogens with one attached hydrogen (secondary N) is 1. The summed E-state index contributed by atoms with van der Waals surface area (Å²) in [6.07, 6.45) is 3.12. The van der Waals surface area contributed by atoms with Crippen molar-refractivity contribution < 1.29 is 9.53 Å². The summed E-state index contributed by atoms with van der Waals surface area (Å²) in [6, 6.07) is 5.45. The third kappa shape index (κ3) is 2.21. The smallest absolute Gasteiger partial charge is 0.254 e. The van der Waals surface area contributed by atoms with E-state index in [1.165, 1.54) is 0 Å². The Labute approximate surface area is 124 Å². The van der Waals surface area contributed by atoms with Crippen LogP contribution in [0.25, 0.3) is 5.52 Å². The number of hydrogen-bond donors (Lipinski definition) is 1. The van der Waals surface area contributed by atoms with Gasteiger partial charge in [-0.2, -0.15) is 10.3 Å². The van der Waals surface area contributed by atoms with Gasteiger partial charge in [-0.05, 0) is 18.2 Å². The molecule has 0 aromatic carbocycles. The molecule has 112 valence electrons. The largest absolute Gasteiger partial charge is 0.366 e. The second-order valence-corrected chi connectivity index (χ2v) is 5.00. The van der Waals surface area contributed by atoms with Gasteiger partial charge in [0.2, 0.25) is 5.82 Å². The van der Waals surface area contributed by atoms with Crippen molar-refractivity contribution >= 4 is 11.4 Å². The third-order valence-electron chi connectivity index (χ3n) is 3.65. The maximum atomic E-state index is 12.7. The molecule has 3 aromatic rings. The van der Waals surface area contributed by atoms with Crippen molar-refractivity contribution in [3.63, 3.8) is 0 Å². The normalized spacial score (nSPS) is 18.7. The number of tetrazole rings is 1. The summed E-state index contributed by atoms with van der Waals surface area (Å²) in [7, 11) is 0. The molecule has 0 radical (unpaired) electrons. The maximum Gasteiger partial charge on any atom is 0.254 e. The lowest BCUT2D eigenvalue weighted by atomic mass is 10.2. The molecule has 1 N–H and O–H groups in total. The molecule has 9 nitrogen and oxygen atoms in total. The number of rotatable bonds is 2. The zero-order valence-corrected chi connectivity index (χ0v) is 11.6. The fraction of sp³-hybridized carbons (Fsp3) is 0.308. The van der Waals surface area contributed by atoms with Crippen LogP contribution < -0.4 is 0 Å². The molecule has 3 aromatic heterocycles. The average Bonchev–Trinajstić information content (AvgIpc) is 3.25. The molecule has 1 saturated heterocycles. The Kier molecular flexibility index (Phi) is 3.04. The minimum Gasteiger partial charge on any atom is -0.366 e. The zero-order chi connectivity index (χ0) is 14.9. The van der Waals surface area contributed by atoms with E-state index >= 15 is 0 Å². The lowest BCUT2D eigenvalue weighted by Gasteiger charge is -2.31. The third-order valence-corrected chi connectivity index (χ3v) is 3.65. The topological polar surface area (TPSA) is 101 Å². The second-order valence-electron chi connectivity index (χ2n) is 5.00. The zero-order valence-electron chi connectivity index (χ0n) is 11.6. The van der Waals surface area contributed by atoms with Crippen LogP contribution in [0.15, 0.2) is 30.6 Å². The number of nitrogens with zero attached hydrogens (tertiary/aromatic N) is 6. The molecule has 4 heterocycles. The van der Waals surface area contributed by atoms with Crippen molar-refractivity contribution in [2.45, 2.75) is 6.10 Å². The summed E-state index contributed by atoms with van der Waals surface area (Å²) in [5, 5.41) is 17.9. The predicted octanol–water partition coefficient (Wildman–Crippen LogP) is 0.0611. The quantitative estimate of drug-likeness (QED) is 0.718. The number of ether oxygens (including phenoxy) is 1. The molecule has 0 saturated carbocycles. The number of aromatic amines is 1.